The van der Waals surface area contributed by atoms with E-state index in [-0.39, 0.29) is 0 Å². The quantitative estimate of drug-likeness (QED) is 0.727. The lowest BCUT2D eigenvalue weighted by Crippen LogP contribution is -1.88. The maximum Gasteiger partial charge on any atom is 0.239 e. The van der Waals surface area contributed by atoms with Gasteiger partial charge in [0.05, 0.1) is 0 Å². The maximum absolute atomic E-state index is 5.17. The molecule has 0 aliphatic carbocycles. The molecule has 2 heterocycles. The third kappa shape index (κ3) is 3.65. The Labute approximate surface area is 106 Å². The molecule has 0 saturated heterocycles. The van der Waals surface area contributed by atoms with Crippen LogP contribution >= 0.6 is 0 Å². The van der Waals surface area contributed by atoms with Crippen LogP contribution in [0.1, 0.15) is 51.3 Å². The molecule has 0 amide bonds. The van der Waals surface area contributed by atoms with Crippen LogP contribution in [0.4, 0.5) is 0 Å². The lowest BCUT2D eigenvalue weighted by Gasteiger charge is -1.97. The number of nitrogens with zero attached hydrogens (tertiary/aromatic N) is 4. The van der Waals surface area contributed by atoms with Gasteiger partial charge < -0.3 is 4.52 Å². The first kappa shape index (κ1) is 12.7. The van der Waals surface area contributed by atoms with E-state index < -0.39 is 0 Å². The average molecular weight is 249 g/mol. The van der Waals surface area contributed by atoms with Crippen molar-refractivity contribution in [1.82, 2.24) is 25.3 Å². The molecule has 2 rings (SSSR count). The molecule has 2 aromatic rings. The number of unbranched alkanes of at least 4 members (excludes halogenated alkanes) is 5. The van der Waals surface area contributed by atoms with Crippen LogP contribution in [0, 0.1) is 0 Å². The third-order valence-corrected chi connectivity index (χ3v) is 2.84. The minimum Gasteiger partial charge on any atom is -0.339 e. The molecule has 0 aliphatic rings. The van der Waals surface area contributed by atoms with Crippen LogP contribution in [0.2, 0.25) is 0 Å². The predicted octanol–water partition coefficient (Wildman–Crippen LogP) is 2.76. The first-order valence-corrected chi connectivity index (χ1v) is 6.58. The highest BCUT2D eigenvalue weighted by Crippen LogP contribution is 2.12. The highest BCUT2D eigenvalue weighted by Gasteiger charge is 2.10. The Balaban J connectivity index is 1.71. The number of hydrogen-bond donors (Lipinski definition) is 1. The molecule has 18 heavy (non-hydrogen) atoms. The Morgan fingerprint density at radius 2 is 2.00 bits per heavy atom. The predicted molar refractivity (Wildman–Crippen MR) is 66.8 cm³/mol. The van der Waals surface area contributed by atoms with Crippen molar-refractivity contribution >= 4 is 0 Å². The molecule has 0 aliphatic heterocycles. The fraction of sp³-hybridized carbons (Fsp3) is 0.667. The fourth-order valence-corrected chi connectivity index (χ4v) is 1.82. The Bertz CT molecular complexity index is 437. The van der Waals surface area contributed by atoms with E-state index in [4.69, 9.17) is 4.52 Å². The first-order valence-electron chi connectivity index (χ1n) is 6.58. The zero-order valence-corrected chi connectivity index (χ0v) is 10.7. The highest BCUT2D eigenvalue weighted by molar-refractivity contribution is 5.39. The van der Waals surface area contributed by atoms with Gasteiger partial charge in [0.25, 0.3) is 0 Å². The molecule has 0 atom stereocenters. The Morgan fingerprint density at radius 1 is 1.17 bits per heavy atom. The number of nitrogens with one attached hydrogen (secondary N) is 1. The van der Waals surface area contributed by atoms with E-state index in [1.807, 2.05) is 0 Å². The van der Waals surface area contributed by atoms with E-state index >= 15 is 0 Å². The fourth-order valence-electron chi connectivity index (χ4n) is 1.82. The monoisotopic (exact) mass is 249 g/mol. The van der Waals surface area contributed by atoms with Crippen LogP contribution in [0.3, 0.4) is 0 Å². The second-order valence-electron chi connectivity index (χ2n) is 4.36. The molecular weight excluding hydrogens is 230 g/mol. The summed E-state index contributed by atoms with van der Waals surface area (Å²) in [5.41, 5.74) is 0. The highest BCUT2D eigenvalue weighted by atomic mass is 16.5. The summed E-state index contributed by atoms with van der Waals surface area (Å²) in [4.78, 5) is 8.25. The maximum atomic E-state index is 5.17. The zero-order valence-electron chi connectivity index (χ0n) is 10.7. The molecule has 0 saturated carbocycles. The first-order chi connectivity index (χ1) is 8.90. The SMILES string of the molecule is CCCCCCCCc1nc(-c2ncn[nH]2)no1. The number of rotatable bonds is 8. The van der Waals surface area contributed by atoms with E-state index in [1.54, 1.807) is 0 Å². The summed E-state index contributed by atoms with van der Waals surface area (Å²) in [6, 6.07) is 0. The summed E-state index contributed by atoms with van der Waals surface area (Å²) in [6.07, 6.45) is 9.81. The topological polar surface area (TPSA) is 80.5 Å². The van der Waals surface area contributed by atoms with Crippen LogP contribution < -0.4 is 0 Å². The van der Waals surface area contributed by atoms with Crippen molar-refractivity contribution in [2.75, 3.05) is 0 Å². The number of aromatic nitrogens is 5. The van der Waals surface area contributed by atoms with E-state index in [1.165, 1.54) is 38.4 Å². The van der Waals surface area contributed by atoms with E-state index in [9.17, 15) is 0 Å². The van der Waals surface area contributed by atoms with E-state index in [0.29, 0.717) is 17.5 Å². The summed E-state index contributed by atoms with van der Waals surface area (Å²) in [5.74, 6) is 1.71. The van der Waals surface area contributed by atoms with Crippen molar-refractivity contribution in [2.24, 2.45) is 0 Å². The second-order valence-corrected chi connectivity index (χ2v) is 4.36. The van der Waals surface area contributed by atoms with E-state index in [0.717, 1.165) is 12.8 Å². The summed E-state index contributed by atoms with van der Waals surface area (Å²) in [5, 5.41) is 10.3. The van der Waals surface area contributed by atoms with Crippen LogP contribution in [0.5, 0.6) is 0 Å². The summed E-state index contributed by atoms with van der Waals surface area (Å²) in [7, 11) is 0. The molecular formula is C12H19N5O. The summed E-state index contributed by atoms with van der Waals surface area (Å²) >= 11 is 0. The van der Waals surface area contributed by atoms with Gasteiger partial charge in [-0.25, -0.2) is 4.98 Å². The van der Waals surface area contributed by atoms with E-state index in [2.05, 4.69) is 32.2 Å². The standard InChI is InChI=1S/C12H19N5O/c1-2-3-4-5-6-7-8-10-15-12(17-18-10)11-13-9-14-16-11/h9H,2-8H2,1H3,(H,13,14,16). The van der Waals surface area contributed by atoms with Gasteiger partial charge in [-0.05, 0) is 6.42 Å². The number of hydrogen-bond acceptors (Lipinski definition) is 5. The number of aromatic amines is 1. The van der Waals surface area contributed by atoms with Gasteiger partial charge >= 0.3 is 0 Å². The van der Waals surface area contributed by atoms with Crippen molar-refractivity contribution < 1.29 is 4.52 Å². The van der Waals surface area contributed by atoms with Crippen molar-refractivity contribution in [3.05, 3.63) is 12.2 Å². The smallest absolute Gasteiger partial charge is 0.239 e. The largest absolute Gasteiger partial charge is 0.339 e. The molecule has 0 fully saturated rings. The van der Waals surface area contributed by atoms with Crippen molar-refractivity contribution in [3.8, 4) is 11.6 Å². The number of H-pyrrole nitrogens is 1. The van der Waals surface area contributed by atoms with Gasteiger partial charge in [-0.15, -0.1) is 0 Å². The van der Waals surface area contributed by atoms with Gasteiger partial charge in [0.1, 0.15) is 6.33 Å². The van der Waals surface area contributed by atoms with Crippen LogP contribution in [-0.4, -0.2) is 25.3 Å². The van der Waals surface area contributed by atoms with Gasteiger partial charge in [-0.3, -0.25) is 5.10 Å². The Hall–Kier alpha value is -1.72. The Kier molecular flexibility index (Phi) is 4.87. The molecule has 0 radical (unpaired) electrons. The van der Waals surface area contributed by atoms with Crippen LogP contribution in [-0.2, 0) is 6.42 Å². The molecule has 6 heteroatoms. The number of aryl methyl sites for hydroxylation is 1. The molecule has 98 valence electrons. The zero-order chi connectivity index (χ0) is 12.6. The molecule has 0 aromatic carbocycles. The summed E-state index contributed by atoms with van der Waals surface area (Å²) < 4.78 is 5.17. The van der Waals surface area contributed by atoms with Crippen LogP contribution in [0.25, 0.3) is 11.6 Å². The molecule has 0 bridgehead atoms. The van der Waals surface area contributed by atoms with Gasteiger partial charge in [-0.2, -0.15) is 10.1 Å². The third-order valence-electron chi connectivity index (χ3n) is 2.84. The molecule has 0 spiro atoms. The average Bonchev–Trinajstić information content (AvgIpc) is 3.03. The molecule has 1 N–H and O–H groups in total. The molecule has 0 unspecified atom stereocenters. The van der Waals surface area contributed by atoms with Gasteiger partial charge in [0.2, 0.25) is 11.7 Å². The lowest BCUT2D eigenvalue weighted by atomic mass is 10.1. The molecule has 6 nitrogen and oxygen atoms in total. The Morgan fingerprint density at radius 3 is 2.78 bits per heavy atom. The van der Waals surface area contributed by atoms with Gasteiger partial charge in [0.15, 0.2) is 5.82 Å². The van der Waals surface area contributed by atoms with Gasteiger partial charge in [-0.1, -0.05) is 44.2 Å². The minimum absolute atomic E-state index is 0.480. The van der Waals surface area contributed by atoms with Crippen molar-refractivity contribution in [2.45, 2.75) is 51.9 Å². The van der Waals surface area contributed by atoms with Gasteiger partial charge in [0, 0.05) is 6.42 Å². The van der Waals surface area contributed by atoms with Crippen LogP contribution in [0.15, 0.2) is 10.9 Å². The van der Waals surface area contributed by atoms with Crippen molar-refractivity contribution in [3.63, 3.8) is 0 Å². The lowest BCUT2D eigenvalue weighted by molar-refractivity contribution is 0.373. The minimum atomic E-state index is 0.480. The molecule has 2 aromatic heterocycles. The summed E-state index contributed by atoms with van der Waals surface area (Å²) in [6.45, 7) is 2.23. The second kappa shape index (κ2) is 6.88. The van der Waals surface area contributed by atoms with Crippen molar-refractivity contribution in [1.29, 1.82) is 0 Å². The normalized spacial score (nSPS) is 10.9.